The molecule has 0 aliphatic heterocycles. The lowest BCUT2D eigenvalue weighted by molar-refractivity contribution is -0.384. The summed E-state index contributed by atoms with van der Waals surface area (Å²) in [4.78, 5) is 46.4. The highest BCUT2D eigenvalue weighted by Crippen LogP contribution is 2.29. The zero-order chi connectivity index (χ0) is 20.4. The highest BCUT2D eigenvalue weighted by molar-refractivity contribution is 7.20. The van der Waals surface area contributed by atoms with Gasteiger partial charge in [-0.05, 0) is 39.8 Å². The van der Waals surface area contributed by atoms with E-state index in [9.17, 15) is 24.5 Å². The number of hydrogen-bond acceptors (Lipinski definition) is 7. The van der Waals surface area contributed by atoms with Crippen molar-refractivity contribution in [2.75, 3.05) is 0 Å². The van der Waals surface area contributed by atoms with Gasteiger partial charge < -0.3 is 10.1 Å². The summed E-state index contributed by atoms with van der Waals surface area (Å²) in [5.41, 5.74) is -0.609. The van der Waals surface area contributed by atoms with Crippen LogP contribution in [0.5, 0.6) is 0 Å². The molecule has 0 unspecified atom stereocenters. The molecule has 2 rings (SSSR count). The van der Waals surface area contributed by atoms with E-state index in [0.29, 0.717) is 10.1 Å². The third-order valence-corrected chi connectivity index (χ3v) is 4.39. The number of benzene rings is 1. The molecule has 0 aliphatic carbocycles. The van der Waals surface area contributed by atoms with E-state index in [0.717, 1.165) is 11.3 Å². The molecule has 3 amide bonds. The molecule has 0 saturated heterocycles. The van der Waals surface area contributed by atoms with Crippen LogP contribution in [0.25, 0.3) is 10.1 Å². The summed E-state index contributed by atoms with van der Waals surface area (Å²) in [5, 5.41) is 16.0. The first-order valence-corrected chi connectivity index (χ1v) is 8.80. The molecule has 10 heteroatoms. The highest BCUT2D eigenvalue weighted by Gasteiger charge is 2.23. The molecule has 2 N–H and O–H groups in total. The van der Waals surface area contributed by atoms with E-state index in [-0.39, 0.29) is 10.6 Å². The molecule has 0 radical (unpaired) electrons. The van der Waals surface area contributed by atoms with Gasteiger partial charge in [-0.25, -0.2) is 9.59 Å². The smallest absolute Gasteiger partial charge is 0.349 e. The van der Waals surface area contributed by atoms with Gasteiger partial charge in [-0.3, -0.25) is 20.2 Å². The number of carbonyl (C=O) groups excluding carboxylic acids is 3. The van der Waals surface area contributed by atoms with Gasteiger partial charge in [-0.2, -0.15) is 0 Å². The van der Waals surface area contributed by atoms with Crippen LogP contribution in [-0.4, -0.2) is 34.5 Å². The fraction of sp³-hybridized carbons (Fsp3) is 0.353. The van der Waals surface area contributed by atoms with Gasteiger partial charge in [-0.15, -0.1) is 11.3 Å². The Hall–Kier alpha value is -3.01. The summed E-state index contributed by atoms with van der Waals surface area (Å²) in [7, 11) is 0. The Morgan fingerprint density at radius 2 is 1.89 bits per heavy atom. The van der Waals surface area contributed by atoms with Gasteiger partial charge in [0, 0.05) is 27.8 Å². The number of carbonyl (C=O) groups is 3. The van der Waals surface area contributed by atoms with E-state index >= 15 is 0 Å². The number of non-ortho nitro benzene ring substituents is 1. The predicted molar refractivity (Wildman–Crippen MR) is 99.8 cm³/mol. The minimum atomic E-state index is -1.19. The van der Waals surface area contributed by atoms with E-state index in [1.54, 1.807) is 26.8 Å². The summed E-state index contributed by atoms with van der Waals surface area (Å²) in [6.45, 7) is 6.61. The van der Waals surface area contributed by atoms with Crippen molar-refractivity contribution in [2.24, 2.45) is 0 Å². The van der Waals surface area contributed by atoms with Gasteiger partial charge in [0.15, 0.2) is 6.10 Å². The molecular weight excluding hydrogens is 374 g/mol. The van der Waals surface area contributed by atoms with E-state index < -0.39 is 34.5 Å². The molecule has 144 valence electrons. The van der Waals surface area contributed by atoms with Crippen molar-refractivity contribution in [2.45, 2.75) is 39.3 Å². The van der Waals surface area contributed by atoms with Crippen LogP contribution in [0, 0.1) is 10.1 Å². The Bertz CT molecular complexity index is 915. The number of amides is 3. The number of rotatable bonds is 4. The van der Waals surface area contributed by atoms with E-state index in [2.05, 4.69) is 10.6 Å². The zero-order valence-electron chi connectivity index (χ0n) is 15.2. The predicted octanol–water partition coefficient (Wildman–Crippen LogP) is 2.98. The Kier molecular flexibility index (Phi) is 5.79. The normalized spacial score (nSPS) is 12.3. The summed E-state index contributed by atoms with van der Waals surface area (Å²) < 4.78 is 5.76. The first-order valence-electron chi connectivity index (χ1n) is 7.98. The standard InChI is InChI=1S/C17H19N3O6S/c1-9(14(21)18-16(23)19-17(2,3)4)26-15(22)13-8-10-7-11(20(24)25)5-6-12(10)27-13/h5-9H,1-4H3,(H2,18,19,21,23)/t9-/m0/s1. The average Bonchev–Trinajstić information content (AvgIpc) is 2.95. The van der Waals surface area contributed by atoms with Crippen molar-refractivity contribution in [3.05, 3.63) is 39.3 Å². The molecule has 9 nitrogen and oxygen atoms in total. The van der Waals surface area contributed by atoms with Crippen molar-refractivity contribution >= 4 is 45.0 Å². The lowest BCUT2D eigenvalue weighted by Crippen LogP contribution is -2.50. The number of esters is 1. The Labute approximate surface area is 158 Å². The van der Waals surface area contributed by atoms with Crippen LogP contribution in [-0.2, 0) is 9.53 Å². The SMILES string of the molecule is C[C@H](OC(=O)c1cc2cc([N+](=O)[O-])ccc2s1)C(=O)NC(=O)NC(C)(C)C. The molecule has 1 aromatic heterocycles. The number of nitro groups is 1. The number of nitro benzene ring substituents is 1. The number of ether oxygens (including phenoxy) is 1. The summed E-state index contributed by atoms with van der Waals surface area (Å²) in [6, 6.07) is 5.02. The topological polar surface area (TPSA) is 128 Å². The number of nitrogens with one attached hydrogen (secondary N) is 2. The maximum Gasteiger partial charge on any atom is 0.349 e. The molecule has 0 spiro atoms. The van der Waals surface area contributed by atoms with Crippen LogP contribution in [0.15, 0.2) is 24.3 Å². The van der Waals surface area contributed by atoms with Crippen LogP contribution in [0.2, 0.25) is 0 Å². The first-order chi connectivity index (χ1) is 12.5. The van der Waals surface area contributed by atoms with Crippen LogP contribution < -0.4 is 10.6 Å². The zero-order valence-corrected chi connectivity index (χ0v) is 16.0. The Balaban J connectivity index is 2.03. The fourth-order valence-electron chi connectivity index (χ4n) is 2.10. The Morgan fingerprint density at radius 1 is 1.22 bits per heavy atom. The largest absolute Gasteiger partial charge is 0.448 e. The number of urea groups is 1. The fourth-order valence-corrected chi connectivity index (χ4v) is 3.03. The minimum Gasteiger partial charge on any atom is -0.448 e. The molecule has 1 heterocycles. The van der Waals surface area contributed by atoms with Crippen LogP contribution in [0.3, 0.4) is 0 Å². The second kappa shape index (κ2) is 7.70. The summed E-state index contributed by atoms with van der Waals surface area (Å²) in [6.07, 6.45) is -1.19. The third-order valence-electron chi connectivity index (χ3n) is 3.29. The lowest BCUT2D eigenvalue weighted by Gasteiger charge is -2.21. The maximum atomic E-state index is 12.2. The minimum absolute atomic E-state index is 0.0853. The van der Waals surface area contributed by atoms with Gasteiger partial charge in [0.25, 0.3) is 11.6 Å². The third kappa shape index (κ3) is 5.48. The highest BCUT2D eigenvalue weighted by atomic mass is 32.1. The van der Waals surface area contributed by atoms with Crippen molar-refractivity contribution in [3.63, 3.8) is 0 Å². The molecule has 2 aromatic rings. The number of nitrogens with zero attached hydrogens (tertiary/aromatic N) is 1. The Morgan fingerprint density at radius 3 is 2.48 bits per heavy atom. The van der Waals surface area contributed by atoms with Crippen molar-refractivity contribution < 1.29 is 24.0 Å². The van der Waals surface area contributed by atoms with Crippen molar-refractivity contribution in [1.29, 1.82) is 0 Å². The van der Waals surface area contributed by atoms with Crippen LogP contribution in [0.4, 0.5) is 10.5 Å². The molecule has 27 heavy (non-hydrogen) atoms. The molecule has 0 aliphatic rings. The average molecular weight is 393 g/mol. The van der Waals surface area contributed by atoms with E-state index in [1.165, 1.54) is 25.1 Å². The number of imide groups is 1. The van der Waals surface area contributed by atoms with Crippen molar-refractivity contribution in [1.82, 2.24) is 10.6 Å². The molecule has 0 fully saturated rings. The number of fused-ring (bicyclic) bond motifs is 1. The van der Waals surface area contributed by atoms with Crippen LogP contribution in [0.1, 0.15) is 37.4 Å². The van der Waals surface area contributed by atoms with Gasteiger partial charge in [0.05, 0.1) is 4.92 Å². The second-order valence-corrected chi connectivity index (χ2v) is 7.91. The lowest BCUT2D eigenvalue weighted by atomic mass is 10.1. The molecule has 1 atom stereocenters. The van der Waals surface area contributed by atoms with Crippen LogP contribution >= 0.6 is 11.3 Å². The van der Waals surface area contributed by atoms with Crippen molar-refractivity contribution in [3.8, 4) is 0 Å². The maximum absolute atomic E-state index is 12.2. The summed E-state index contributed by atoms with van der Waals surface area (Å²) in [5.74, 6) is -1.51. The van der Waals surface area contributed by atoms with Gasteiger partial charge in [-0.1, -0.05) is 0 Å². The first kappa shape index (κ1) is 20.3. The molecule has 0 bridgehead atoms. The van der Waals surface area contributed by atoms with Gasteiger partial charge in [0.1, 0.15) is 4.88 Å². The quantitative estimate of drug-likeness (QED) is 0.467. The molecular formula is C17H19N3O6S. The number of thiophene rings is 1. The van der Waals surface area contributed by atoms with E-state index in [1.807, 2.05) is 0 Å². The van der Waals surface area contributed by atoms with Gasteiger partial charge >= 0.3 is 12.0 Å². The number of hydrogen-bond donors (Lipinski definition) is 2. The monoisotopic (exact) mass is 393 g/mol. The van der Waals surface area contributed by atoms with E-state index in [4.69, 9.17) is 4.74 Å². The molecule has 0 saturated carbocycles. The van der Waals surface area contributed by atoms with Gasteiger partial charge in [0.2, 0.25) is 0 Å². The summed E-state index contributed by atoms with van der Waals surface area (Å²) >= 11 is 1.09. The molecule has 1 aromatic carbocycles. The second-order valence-electron chi connectivity index (χ2n) is 6.83.